The van der Waals surface area contributed by atoms with Gasteiger partial charge in [0.1, 0.15) is 0 Å². The molecule has 0 saturated heterocycles. The molecule has 1 nitrogen and oxygen atoms in total. The second-order valence-corrected chi connectivity index (χ2v) is 2.74. The van der Waals surface area contributed by atoms with E-state index in [2.05, 4.69) is 5.92 Å². The molecule has 9 heavy (non-hydrogen) atoms. The number of aliphatic hydroxyl groups excluding tert-OH is 1. The minimum Gasteiger partial charge on any atom is -0.393 e. The molecule has 0 unspecified atom stereocenters. The van der Waals surface area contributed by atoms with Crippen molar-refractivity contribution < 1.29 is 5.11 Å². The van der Waals surface area contributed by atoms with E-state index in [0.717, 1.165) is 25.7 Å². The number of rotatable bonds is 1. The van der Waals surface area contributed by atoms with Crippen molar-refractivity contribution in [1.82, 2.24) is 0 Å². The van der Waals surface area contributed by atoms with Crippen molar-refractivity contribution in [3.63, 3.8) is 0 Å². The molecule has 0 aromatic carbocycles. The summed E-state index contributed by atoms with van der Waals surface area (Å²) in [7, 11) is 0. The van der Waals surface area contributed by atoms with E-state index in [0.29, 0.717) is 5.92 Å². The largest absolute Gasteiger partial charge is 0.393 e. The van der Waals surface area contributed by atoms with Gasteiger partial charge in [0.2, 0.25) is 0 Å². The fraction of sp³-hybridized carbons (Fsp3) is 0.750. The van der Waals surface area contributed by atoms with Gasteiger partial charge in [0.05, 0.1) is 6.10 Å². The van der Waals surface area contributed by atoms with E-state index in [9.17, 15) is 0 Å². The molecule has 50 valence electrons. The average molecular weight is 124 g/mol. The van der Waals surface area contributed by atoms with Crippen molar-refractivity contribution in [3.8, 4) is 12.3 Å². The molecule has 1 aliphatic rings. The van der Waals surface area contributed by atoms with Crippen LogP contribution >= 0.6 is 0 Å². The lowest BCUT2D eigenvalue weighted by Gasteiger charge is -2.01. The van der Waals surface area contributed by atoms with Crippen molar-refractivity contribution in [3.05, 3.63) is 0 Å². The highest BCUT2D eigenvalue weighted by Gasteiger charge is 2.21. The summed E-state index contributed by atoms with van der Waals surface area (Å²) < 4.78 is 0. The van der Waals surface area contributed by atoms with Gasteiger partial charge in [0, 0.05) is 6.42 Å². The predicted molar refractivity (Wildman–Crippen MR) is 36.8 cm³/mol. The van der Waals surface area contributed by atoms with E-state index < -0.39 is 0 Å². The van der Waals surface area contributed by atoms with Crippen LogP contribution in [0.4, 0.5) is 0 Å². The van der Waals surface area contributed by atoms with E-state index in [4.69, 9.17) is 11.5 Å². The molecule has 0 aliphatic heterocycles. The molecule has 1 saturated carbocycles. The lowest BCUT2D eigenvalue weighted by atomic mass is 10.1. The van der Waals surface area contributed by atoms with Crippen LogP contribution in [0, 0.1) is 18.3 Å². The van der Waals surface area contributed by atoms with E-state index in [1.54, 1.807) is 0 Å². The topological polar surface area (TPSA) is 20.2 Å². The van der Waals surface area contributed by atoms with Crippen LogP contribution in [0.5, 0.6) is 0 Å². The molecular formula is C8H12O. The quantitative estimate of drug-likeness (QED) is 0.520. The Hall–Kier alpha value is -0.480. The first-order valence-corrected chi connectivity index (χ1v) is 3.44. The Morgan fingerprint density at radius 1 is 1.56 bits per heavy atom. The summed E-state index contributed by atoms with van der Waals surface area (Å²) >= 11 is 0. The maximum absolute atomic E-state index is 9.06. The first-order valence-electron chi connectivity index (χ1n) is 3.44. The molecule has 0 spiro atoms. The molecule has 0 aromatic heterocycles. The molecule has 0 radical (unpaired) electrons. The standard InChI is InChI=1S/C8H12O/c1-2-3-7-4-5-8(9)6-7/h1,7-9H,3-6H2/t7-,8+/m1/s1. The molecule has 1 fully saturated rings. The van der Waals surface area contributed by atoms with E-state index in [1.165, 1.54) is 0 Å². The van der Waals surface area contributed by atoms with E-state index in [-0.39, 0.29) is 6.10 Å². The summed E-state index contributed by atoms with van der Waals surface area (Å²) in [6.45, 7) is 0. The van der Waals surface area contributed by atoms with Gasteiger partial charge in [0.25, 0.3) is 0 Å². The molecule has 2 atom stereocenters. The maximum atomic E-state index is 9.06. The zero-order chi connectivity index (χ0) is 6.69. The maximum Gasteiger partial charge on any atom is 0.0543 e. The Bertz CT molecular complexity index is 123. The van der Waals surface area contributed by atoms with Gasteiger partial charge in [0.15, 0.2) is 0 Å². The molecule has 0 aromatic rings. The van der Waals surface area contributed by atoms with Gasteiger partial charge < -0.3 is 5.11 Å². The normalized spacial score (nSPS) is 34.2. The minimum atomic E-state index is -0.0663. The fourth-order valence-corrected chi connectivity index (χ4v) is 1.40. The molecule has 1 N–H and O–H groups in total. The summed E-state index contributed by atoms with van der Waals surface area (Å²) in [4.78, 5) is 0. The first kappa shape index (κ1) is 6.64. The lowest BCUT2D eigenvalue weighted by Crippen LogP contribution is -1.99. The zero-order valence-electron chi connectivity index (χ0n) is 5.51. The van der Waals surface area contributed by atoms with Gasteiger partial charge in [-0.2, -0.15) is 0 Å². The van der Waals surface area contributed by atoms with Crippen LogP contribution in [0.1, 0.15) is 25.7 Å². The third kappa shape index (κ3) is 1.73. The summed E-state index contributed by atoms with van der Waals surface area (Å²) in [5, 5.41) is 9.06. The van der Waals surface area contributed by atoms with Crippen LogP contribution in [-0.2, 0) is 0 Å². The zero-order valence-corrected chi connectivity index (χ0v) is 5.51. The predicted octanol–water partition coefficient (Wildman–Crippen LogP) is 1.17. The van der Waals surface area contributed by atoms with E-state index in [1.807, 2.05) is 0 Å². The van der Waals surface area contributed by atoms with Crippen molar-refractivity contribution in [2.75, 3.05) is 0 Å². The van der Waals surface area contributed by atoms with Crippen LogP contribution < -0.4 is 0 Å². The van der Waals surface area contributed by atoms with Gasteiger partial charge in [-0.05, 0) is 25.2 Å². The number of hydrogen-bond acceptors (Lipinski definition) is 1. The van der Waals surface area contributed by atoms with Crippen LogP contribution in [0.25, 0.3) is 0 Å². The highest BCUT2D eigenvalue weighted by atomic mass is 16.3. The molecule has 0 amide bonds. The Kier molecular flexibility index (Phi) is 2.13. The van der Waals surface area contributed by atoms with Gasteiger partial charge in [-0.25, -0.2) is 0 Å². The number of terminal acetylenes is 1. The molecular weight excluding hydrogens is 112 g/mol. The van der Waals surface area contributed by atoms with Crippen LogP contribution in [0.2, 0.25) is 0 Å². The van der Waals surface area contributed by atoms with Crippen LogP contribution in [-0.4, -0.2) is 11.2 Å². The van der Waals surface area contributed by atoms with Crippen molar-refractivity contribution in [1.29, 1.82) is 0 Å². The van der Waals surface area contributed by atoms with Crippen molar-refractivity contribution >= 4 is 0 Å². The number of hydrogen-bond donors (Lipinski definition) is 1. The molecule has 1 rings (SSSR count). The summed E-state index contributed by atoms with van der Waals surface area (Å²) in [5.41, 5.74) is 0. The first-order chi connectivity index (χ1) is 4.33. The smallest absolute Gasteiger partial charge is 0.0543 e. The number of aliphatic hydroxyl groups is 1. The summed E-state index contributed by atoms with van der Waals surface area (Å²) in [6, 6.07) is 0. The van der Waals surface area contributed by atoms with E-state index >= 15 is 0 Å². The van der Waals surface area contributed by atoms with Gasteiger partial charge >= 0.3 is 0 Å². The van der Waals surface area contributed by atoms with Gasteiger partial charge in [-0.15, -0.1) is 12.3 Å². The lowest BCUT2D eigenvalue weighted by molar-refractivity contribution is 0.178. The Morgan fingerprint density at radius 2 is 2.33 bits per heavy atom. The molecule has 0 heterocycles. The summed E-state index contributed by atoms with van der Waals surface area (Å²) in [6.07, 6.45) is 8.89. The minimum absolute atomic E-state index is 0.0663. The molecule has 1 heteroatoms. The van der Waals surface area contributed by atoms with Gasteiger partial charge in [-0.3, -0.25) is 0 Å². The third-order valence-corrected chi connectivity index (χ3v) is 1.92. The second-order valence-electron chi connectivity index (χ2n) is 2.74. The van der Waals surface area contributed by atoms with Crippen LogP contribution in [0.15, 0.2) is 0 Å². The fourth-order valence-electron chi connectivity index (χ4n) is 1.40. The van der Waals surface area contributed by atoms with Gasteiger partial charge in [-0.1, -0.05) is 0 Å². The monoisotopic (exact) mass is 124 g/mol. The average Bonchev–Trinajstić information content (AvgIpc) is 2.17. The van der Waals surface area contributed by atoms with Crippen LogP contribution in [0.3, 0.4) is 0 Å². The third-order valence-electron chi connectivity index (χ3n) is 1.92. The van der Waals surface area contributed by atoms with Crippen molar-refractivity contribution in [2.24, 2.45) is 5.92 Å². The highest BCUT2D eigenvalue weighted by Crippen LogP contribution is 2.27. The molecule has 1 aliphatic carbocycles. The Labute approximate surface area is 56.1 Å². The second kappa shape index (κ2) is 2.89. The SMILES string of the molecule is C#CC[C@@H]1CC[C@H](O)C1. The Balaban J connectivity index is 2.24. The highest BCUT2D eigenvalue weighted by molar-refractivity contribution is 4.89. The molecule has 0 bridgehead atoms. The summed E-state index contributed by atoms with van der Waals surface area (Å²) in [5.74, 6) is 3.22. The van der Waals surface area contributed by atoms with Crippen molar-refractivity contribution in [2.45, 2.75) is 31.8 Å². The Morgan fingerprint density at radius 3 is 2.78 bits per heavy atom.